The van der Waals surface area contributed by atoms with E-state index in [0.717, 1.165) is 18.2 Å². The Hall–Kier alpha value is -3.09. The summed E-state index contributed by atoms with van der Waals surface area (Å²) in [6.07, 6.45) is 3.31. The van der Waals surface area contributed by atoms with E-state index in [9.17, 15) is 18.0 Å². The van der Waals surface area contributed by atoms with Gasteiger partial charge in [-0.2, -0.15) is 0 Å². The molecule has 1 amide bonds. The second-order valence-corrected chi connectivity index (χ2v) is 5.42. The van der Waals surface area contributed by atoms with Gasteiger partial charge in [-0.15, -0.1) is 0 Å². The van der Waals surface area contributed by atoms with Crippen molar-refractivity contribution < 1.29 is 18.0 Å². The fraction of sp³-hybridized carbons (Fsp3) is 0.111. The van der Waals surface area contributed by atoms with Gasteiger partial charge >= 0.3 is 0 Å². The summed E-state index contributed by atoms with van der Waals surface area (Å²) in [4.78, 5) is 16.2. The molecule has 128 valence electrons. The molecular weight excluding hydrogens is 331 g/mol. The predicted molar refractivity (Wildman–Crippen MR) is 85.8 cm³/mol. The van der Waals surface area contributed by atoms with Gasteiger partial charge in [0.05, 0.1) is 11.3 Å². The van der Waals surface area contributed by atoms with Gasteiger partial charge in [-0.3, -0.25) is 4.79 Å². The van der Waals surface area contributed by atoms with Crippen LogP contribution in [0.4, 0.5) is 13.2 Å². The number of aromatic nitrogens is 2. The van der Waals surface area contributed by atoms with E-state index < -0.39 is 28.9 Å². The lowest BCUT2D eigenvalue weighted by molar-refractivity contribution is 0.0946. The lowest BCUT2D eigenvalue weighted by atomic mass is 10.1. The first kappa shape index (κ1) is 16.8. The summed E-state index contributed by atoms with van der Waals surface area (Å²) >= 11 is 0. The van der Waals surface area contributed by atoms with E-state index in [0.29, 0.717) is 17.1 Å². The number of benzene rings is 2. The first-order chi connectivity index (χ1) is 12.0. The van der Waals surface area contributed by atoms with Gasteiger partial charge in [0.2, 0.25) is 0 Å². The summed E-state index contributed by atoms with van der Waals surface area (Å²) < 4.78 is 42.2. The largest absolute Gasteiger partial charge is 0.348 e. The highest BCUT2D eigenvalue weighted by molar-refractivity contribution is 5.94. The highest BCUT2D eigenvalue weighted by atomic mass is 19.1. The van der Waals surface area contributed by atoms with Crippen LogP contribution in [0.15, 0.2) is 48.8 Å². The van der Waals surface area contributed by atoms with Crippen LogP contribution in [0.3, 0.4) is 0 Å². The zero-order valence-electron chi connectivity index (χ0n) is 13.3. The molecule has 0 aliphatic rings. The van der Waals surface area contributed by atoms with Crippen molar-refractivity contribution >= 4 is 5.91 Å². The van der Waals surface area contributed by atoms with E-state index in [1.807, 2.05) is 0 Å². The van der Waals surface area contributed by atoms with Crippen molar-refractivity contribution in [3.05, 3.63) is 83.2 Å². The number of hydrogen-bond acceptors (Lipinski definition) is 2. The van der Waals surface area contributed by atoms with Crippen LogP contribution in [-0.4, -0.2) is 15.5 Å². The summed E-state index contributed by atoms with van der Waals surface area (Å²) in [6, 6.07) is 6.76. The quantitative estimate of drug-likeness (QED) is 0.786. The predicted octanol–water partition coefficient (Wildman–Crippen LogP) is 3.53. The molecule has 0 fully saturated rings. The molecule has 0 radical (unpaired) electrons. The molecule has 1 N–H and O–H groups in total. The summed E-state index contributed by atoms with van der Waals surface area (Å²) in [5.41, 5.74) is 0.708. The Bertz CT molecular complexity index is 937. The zero-order chi connectivity index (χ0) is 18.0. The summed E-state index contributed by atoms with van der Waals surface area (Å²) in [5, 5.41) is 2.49. The maximum atomic E-state index is 13.7. The average Bonchev–Trinajstić information content (AvgIpc) is 3.01. The van der Waals surface area contributed by atoms with Crippen LogP contribution in [0.5, 0.6) is 0 Å². The van der Waals surface area contributed by atoms with Crippen molar-refractivity contribution in [2.45, 2.75) is 13.5 Å². The van der Waals surface area contributed by atoms with Crippen molar-refractivity contribution in [2.24, 2.45) is 0 Å². The molecule has 0 saturated heterocycles. The molecule has 3 aromatic rings. The third-order valence-corrected chi connectivity index (χ3v) is 3.74. The molecule has 7 heteroatoms. The number of rotatable bonds is 4. The van der Waals surface area contributed by atoms with Crippen LogP contribution in [0.1, 0.15) is 21.7 Å². The number of halogens is 3. The monoisotopic (exact) mass is 345 g/mol. The number of aryl methyl sites for hydroxylation is 1. The molecule has 1 aromatic heterocycles. The van der Waals surface area contributed by atoms with Gasteiger partial charge in [-0.1, -0.05) is 0 Å². The second-order valence-electron chi connectivity index (χ2n) is 5.42. The molecule has 0 saturated carbocycles. The zero-order valence-corrected chi connectivity index (χ0v) is 13.3. The van der Waals surface area contributed by atoms with Gasteiger partial charge in [0.1, 0.15) is 23.3 Å². The molecule has 0 unspecified atom stereocenters. The van der Waals surface area contributed by atoms with Gasteiger partial charge in [-0.05, 0) is 48.9 Å². The van der Waals surface area contributed by atoms with Gasteiger partial charge in [0, 0.05) is 18.9 Å². The highest BCUT2D eigenvalue weighted by Crippen LogP contribution is 2.18. The molecule has 0 bridgehead atoms. The smallest absolute Gasteiger partial charge is 0.254 e. The van der Waals surface area contributed by atoms with Crippen molar-refractivity contribution in [2.75, 3.05) is 0 Å². The minimum Gasteiger partial charge on any atom is -0.348 e. The Morgan fingerprint density at radius 2 is 1.84 bits per heavy atom. The Labute approximate surface area is 141 Å². The lowest BCUT2D eigenvalue weighted by Gasteiger charge is -2.13. The number of hydrogen-bond donors (Lipinski definition) is 1. The number of nitrogens with zero attached hydrogens (tertiary/aromatic N) is 2. The summed E-state index contributed by atoms with van der Waals surface area (Å²) in [5.74, 6) is -2.11. The fourth-order valence-corrected chi connectivity index (χ4v) is 2.51. The third kappa shape index (κ3) is 3.55. The van der Waals surface area contributed by atoms with E-state index in [4.69, 9.17) is 0 Å². The summed E-state index contributed by atoms with van der Waals surface area (Å²) in [7, 11) is 0. The van der Waals surface area contributed by atoms with Gasteiger partial charge in [-0.25, -0.2) is 18.2 Å². The first-order valence-electron chi connectivity index (χ1n) is 7.47. The number of amides is 1. The first-order valence-corrected chi connectivity index (χ1v) is 7.47. The number of carbonyl (C=O) groups is 1. The molecule has 0 aliphatic carbocycles. The standard InChI is InChI=1S/C18H14F3N3O/c1-11-22-6-7-24(11)17-5-3-13(19)8-12(17)10-23-18(25)15-9-14(20)2-4-16(15)21/h2-9H,10H2,1H3,(H,23,25). The van der Waals surface area contributed by atoms with Crippen molar-refractivity contribution in [3.8, 4) is 5.69 Å². The molecule has 4 nitrogen and oxygen atoms in total. The second kappa shape index (κ2) is 6.80. The lowest BCUT2D eigenvalue weighted by Crippen LogP contribution is -2.24. The van der Waals surface area contributed by atoms with Gasteiger partial charge in [0.15, 0.2) is 0 Å². The van der Waals surface area contributed by atoms with E-state index in [-0.39, 0.29) is 6.54 Å². The normalized spacial score (nSPS) is 10.7. The van der Waals surface area contributed by atoms with E-state index in [1.54, 1.807) is 30.0 Å². The van der Waals surface area contributed by atoms with Crippen LogP contribution >= 0.6 is 0 Å². The molecular formula is C18H14F3N3O. The van der Waals surface area contributed by atoms with Crippen molar-refractivity contribution in [3.63, 3.8) is 0 Å². The molecule has 25 heavy (non-hydrogen) atoms. The topological polar surface area (TPSA) is 46.9 Å². The van der Waals surface area contributed by atoms with Crippen LogP contribution in [0, 0.1) is 24.4 Å². The molecule has 3 rings (SSSR count). The molecule has 0 aliphatic heterocycles. The van der Waals surface area contributed by atoms with E-state index in [1.165, 1.54) is 12.1 Å². The average molecular weight is 345 g/mol. The van der Waals surface area contributed by atoms with Crippen LogP contribution in [-0.2, 0) is 6.54 Å². The van der Waals surface area contributed by atoms with Crippen LogP contribution < -0.4 is 5.32 Å². The maximum absolute atomic E-state index is 13.7. The van der Waals surface area contributed by atoms with Crippen molar-refractivity contribution in [1.82, 2.24) is 14.9 Å². The Morgan fingerprint density at radius 1 is 1.12 bits per heavy atom. The Balaban J connectivity index is 1.86. The number of nitrogens with one attached hydrogen (secondary N) is 1. The van der Waals surface area contributed by atoms with E-state index >= 15 is 0 Å². The SMILES string of the molecule is Cc1nccn1-c1ccc(F)cc1CNC(=O)c1cc(F)ccc1F. The Kier molecular flexibility index (Phi) is 4.56. The minimum absolute atomic E-state index is 0.0561. The molecule has 0 atom stereocenters. The Morgan fingerprint density at radius 3 is 2.56 bits per heavy atom. The van der Waals surface area contributed by atoms with Crippen LogP contribution in [0.2, 0.25) is 0 Å². The van der Waals surface area contributed by atoms with Crippen LogP contribution in [0.25, 0.3) is 5.69 Å². The van der Waals surface area contributed by atoms with E-state index in [2.05, 4.69) is 10.3 Å². The third-order valence-electron chi connectivity index (χ3n) is 3.74. The maximum Gasteiger partial charge on any atom is 0.254 e. The number of imidazole rings is 1. The van der Waals surface area contributed by atoms with Gasteiger partial charge < -0.3 is 9.88 Å². The van der Waals surface area contributed by atoms with Crippen molar-refractivity contribution in [1.29, 1.82) is 0 Å². The van der Waals surface area contributed by atoms with Gasteiger partial charge in [0.25, 0.3) is 5.91 Å². The molecule has 0 spiro atoms. The summed E-state index contributed by atoms with van der Waals surface area (Å²) in [6.45, 7) is 1.73. The molecule has 2 aromatic carbocycles. The number of carbonyl (C=O) groups excluding carboxylic acids is 1. The highest BCUT2D eigenvalue weighted by Gasteiger charge is 2.14. The molecule has 1 heterocycles. The fourth-order valence-electron chi connectivity index (χ4n) is 2.51. The minimum atomic E-state index is -0.830.